The van der Waals surface area contributed by atoms with Gasteiger partial charge in [0.05, 0.1) is 12.5 Å². The normalized spacial score (nSPS) is 20.2. The van der Waals surface area contributed by atoms with Gasteiger partial charge < -0.3 is 11.1 Å². The number of hydrogen-bond acceptors (Lipinski definition) is 6. The third-order valence-electron chi connectivity index (χ3n) is 3.55. The second-order valence-corrected chi connectivity index (χ2v) is 5.03. The quantitative estimate of drug-likeness (QED) is 0.265. The number of nitrogens with one attached hydrogen (secondary N) is 2. The van der Waals surface area contributed by atoms with Crippen molar-refractivity contribution in [2.75, 3.05) is 6.54 Å². The van der Waals surface area contributed by atoms with Gasteiger partial charge in [0.1, 0.15) is 12.6 Å². The molecule has 1 fully saturated rings. The summed E-state index contributed by atoms with van der Waals surface area (Å²) >= 11 is 0. The van der Waals surface area contributed by atoms with Crippen LogP contribution in [0.4, 0.5) is 0 Å². The first-order chi connectivity index (χ1) is 9.81. The lowest BCUT2D eigenvalue weighted by Crippen LogP contribution is -2.51. The van der Waals surface area contributed by atoms with E-state index < -0.39 is 42.3 Å². The van der Waals surface area contributed by atoms with E-state index >= 15 is 0 Å². The van der Waals surface area contributed by atoms with Crippen molar-refractivity contribution in [3.8, 4) is 0 Å². The molecule has 5 N–H and O–H groups in total. The summed E-state index contributed by atoms with van der Waals surface area (Å²) in [5.74, 6) is -2.74. The Morgan fingerprint density at radius 2 is 2.05 bits per heavy atom. The lowest BCUT2D eigenvalue weighted by molar-refractivity contribution is -0.145. The highest BCUT2D eigenvalue weighted by molar-refractivity contribution is 6.08. The SMILES string of the molecule is CC[C@@H](C)[C@H](N)C(=O)N[C@H]1CC(=O)N(CC(=O)NO)C1=O.Cl. The van der Waals surface area contributed by atoms with Crippen molar-refractivity contribution in [3.05, 3.63) is 0 Å². The minimum Gasteiger partial charge on any atom is -0.342 e. The Balaban J connectivity index is 0.00000441. The Morgan fingerprint density at radius 3 is 2.55 bits per heavy atom. The third-order valence-corrected chi connectivity index (χ3v) is 3.55. The number of rotatable bonds is 6. The first kappa shape index (κ1) is 20.3. The maximum absolute atomic E-state index is 12.0. The fourth-order valence-electron chi connectivity index (χ4n) is 1.92. The molecular weight excluding hydrogens is 316 g/mol. The monoisotopic (exact) mass is 336 g/mol. The molecule has 0 aromatic heterocycles. The van der Waals surface area contributed by atoms with E-state index in [9.17, 15) is 19.2 Å². The van der Waals surface area contributed by atoms with Gasteiger partial charge in [0.2, 0.25) is 11.8 Å². The largest absolute Gasteiger partial charge is 0.342 e. The molecule has 0 unspecified atom stereocenters. The van der Waals surface area contributed by atoms with Crippen LogP contribution in [-0.2, 0) is 19.2 Å². The van der Waals surface area contributed by atoms with Crippen molar-refractivity contribution in [1.29, 1.82) is 0 Å². The van der Waals surface area contributed by atoms with Crippen LogP contribution in [0.1, 0.15) is 26.7 Å². The summed E-state index contributed by atoms with van der Waals surface area (Å²) in [6, 6.07) is -1.79. The van der Waals surface area contributed by atoms with Gasteiger partial charge in [-0.05, 0) is 5.92 Å². The molecule has 3 atom stereocenters. The van der Waals surface area contributed by atoms with Gasteiger partial charge in [-0.2, -0.15) is 0 Å². The smallest absolute Gasteiger partial charge is 0.263 e. The molecule has 1 aliphatic heterocycles. The lowest BCUT2D eigenvalue weighted by atomic mass is 9.99. The number of imide groups is 1. The molecule has 0 aromatic rings. The average Bonchev–Trinajstić information content (AvgIpc) is 2.72. The average molecular weight is 337 g/mol. The van der Waals surface area contributed by atoms with Crippen LogP contribution in [0.3, 0.4) is 0 Å². The zero-order valence-electron chi connectivity index (χ0n) is 12.4. The Morgan fingerprint density at radius 1 is 1.45 bits per heavy atom. The molecule has 0 aliphatic carbocycles. The van der Waals surface area contributed by atoms with Crippen molar-refractivity contribution in [1.82, 2.24) is 15.7 Å². The number of carbonyl (C=O) groups is 4. The first-order valence-corrected chi connectivity index (χ1v) is 6.64. The lowest BCUT2D eigenvalue weighted by Gasteiger charge is -2.20. The summed E-state index contributed by atoms with van der Waals surface area (Å²) in [4.78, 5) is 47.2. The van der Waals surface area contributed by atoms with Crippen LogP contribution in [0, 0.1) is 5.92 Å². The molecule has 1 rings (SSSR count). The van der Waals surface area contributed by atoms with E-state index in [1.165, 1.54) is 5.48 Å². The van der Waals surface area contributed by atoms with Gasteiger partial charge in [-0.15, -0.1) is 12.4 Å². The summed E-state index contributed by atoms with van der Waals surface area (Å²) in [6.45, 7) is 3.11. The summed E-state index contributed by atoms with van der Waals surface area (Å²) in [5.41, 5.74) is 7.08. The van der Waals surface area contributed by atoms with Crippen molar-refractivity contribution >= 4 is 36.0 Å². The van der Waals surface area contributed by atoms with E-state index in [-0.39, 0.29) is 24.7 Å². The predicted octanol–water partition coefficient (Wildman–Crippen LogP) is -1.47. The van der Waals surface area contributed by atoms with Gasteiger partial charge in [0.15, 0.2) is 0 Å². The number of nitrogens with two attached hydrogens (primary N) is 1. The molecule has 1 aliphatic rings. The fourth-order valence-corrected chi connectivity index (χ4v) is 1.92. The number of amides is 4. The number of nitrogens with zero attached hydrogens (tertiary/aromatic N) is 1. The fraction of sp³-hybridized carbons (Fsp3) is 0.667. The maximum atomic E-state index is 12.0. The molecule has 0 radical (unpaired) electrons. The molecule has 1 saturated heterocycles. The van der Waals surface area contributed by atoms with Crippen LogP contribution >= 0.6 is 12.4 Å². The van der Waals surface area contributed by atoms with Crippen LogP contribution < -0.4 is 16.5 Å². The number of likely N-dealkylation sites (tertiary alicyclic amines) is 1. The maximum Gasteiger partial charge on any atom is 0.263 e. The number of hydrogen-bond donors (Lipinski definition) is 4. The van der Waals surface area contributed by atoms with Gasteiger partial charge in [-0.3, -0.25) is 29.3 Å². The Bertz CT molecular complexity index is 459. The zero-order valence-corrected chi connectivity index (χ0v) is 13.2. The molecule has 22 heavy (non-hydrogen) atoms. The molecule has 126 valence electrons. The van der Waals surface area contributed by atoms with E-state index in [0.29, 0.717) is 11.3 Å². The van der Waals surface area contributed by atoms with Crippen molar-refractivity contribution in [2.24, 2.45) is 11.7 Å². The molecular formula is C12H21ClN4O5. The molecule has 4 amide bonds. The van der Waals surface area contributed by atoms with E-state index in [1.807, 2.05) is 13.8 Å². The number of hydroxylamine groups is 1. The summed E-state index contributed by atoms with van der Waals surface area (Å²) in [7, 11) is 0. The molecule has 0 saturated carbocycles. The Labute approximate surface area is 133 Å². The highest BCUT2D eigenvalue weighted by atomic mass is 35.5. The number of carbonyl (C=O) groups excluding carboxylic acids is 4. The summed E-state index contributed by atoms with van der Waals surface area (Å²) in [5, 5.41) is 10.8. The molecule has 0 spiro atoms. The standard InChI is InChI=1S/C12H20N4O5.ClH/c1-3-6(2)10(13)11(19)14-7-4-9(18)16(12(7)20)5-8(17)15-21;/h6-7,10,21H,3-5,13H2,1-2H3,(H,14,19)(H,15,17);1H/t6-,7+,10+;/m1./s1. The molecule has 0 aromatic carbocycles. The van der Waals surface area contributed by atoms with Crippen LogP contribution in [0.2, 0.25) is 0 Å². The first-order valence-electron chi connectivity index (χ1n) is 6.64. The number of halogens is 1. The van der Waals surface area contributed by atoms with E-state index in [1.54, 1.807) is 0 Å². The van der Waals surface area contributed by atoms with E-state index in [0.717, 1.165) is 0 Å². The molecule has 1 heterocycles. The van der Waals surface area contributed by atoms with Gasteiger partial charge in [-0.1, -0.05) is 20.3 Å². The highest BCUT2D eigenvalue weighted by Gasteiger charge is 2.40. The highest BCUT2D eigenvalue weighted by Crippen LogP contribution is 2.14. The van der Waals surface area contributed by atoms with E-state index in [4.69, 9.17) is 10.9 Å². The summed E-state index contributed by atoms with van der Waals surface area (Å²) in [6.07, 6.45) is 0.478. The third kappa shape index (κ3) is 4.65. The topological polar surface area (TPSA) is 142 Å². The van der Waals surface area contributed by atoms with Crippen molar-refractivity contribution < 1.29 is 24.4 Å². The molecule has 10 heteroatoms. The Hall–Kier alpha value is -1.71. The summed E-state index contributed by atoms with van der Waals surface area (Å²) < 4.78 is 0. The predicted molar refractivity (Wildman–Crippen MR) is 77.9 cm³/mol. The van der Waals surface area contributed by atoms with Crippen molar-refractivity contribution in [3.63, 3.8) is 0 Å². The van der Waals surface area contributed by atoms with E-state index in [2.05, 4.69) is 5.32 Å². The van der Waals surface area contributed by atoms with Crippen molar-refractivity contribution in [2.45, 2.75) is 38.8 Å². The molecule has 9 nitrogen and oxygen atoms in total. The van der Waals surface area contributed by atoms with Gasteiger partial charge >= 0.3 is 0 Å². The molecule has 0 bridgehead atoms. The Kier molecular flexibility index (Phi) is 7.99. The van der Waals surface area contributed by atoms with Crippen LogP contribution in [0.5, 0.6) is 0 Å². The second kappa shape index (κ2) is 8.66. The second-order valence-electron chi connectivity index (χ2n) is 5.03. The minimum atomic E-state index is -1.02. The van der Waals surface area contributed by atoms with Crippen LogP contribution in [0.25, 0.3) is 0 Å². The van der Waals surface area contributed by atoms with Gasteiger partial charge in [0, 0.05) is 0 Å². The zero-order chi connectivity index (χ0) is 16.2. The van der Waals surface area contributed by atoms with Crippen LogP contribution in [-0.4, -0.2) is 52.4 Å². The minimum absolute atomic E-state index is 0. The van der Waals surface area contributed by atoms with Gasteiger partial charge in [-0.25, -0.2) is 5.48 Å². The van der Waals surface area contributed by atoms with Gasteiger partial charge in [0.25, 0.3) is 11.8 Å². The van der Waals surface area contributed by atoms with Crippen LogP contribution in [0.15, 0.2) is 0 Å².